The van der Waals surface area contributed by atoms with E-state index < -0.39 is 22.0 Å². The van der Waals surface area contributed by atoms with Gasteiger partial charge in [-0.15, -0.1) is 0 Å². The molecular formula is C15H23N3O5S. The fourth-order valence-corrected chi connectivity index (χ4v) is 2.97. The Morgan fingerprint density at radius 1 is 1.08 bits per heavy atom. The van der Waals surface area contributed by atoms with Crippen molar-refractivity contribution in [3.8, 4) is 5.75 Å². The summed E-state index contributed by atoms with van der Waals surface area (Å²) in [6.07, 6.45) is 0.256. The van der Waals surface area contributed by atoms with E-state index in [0.29, 0.717) is 5.75 Å². The van der Waals surface area contributed by atoms with Crippen LogP contribution >= 0.6 is 0 Å². The zero-order valence-electron chi connectivity index (χ0n) is 14.1. The lowest BCUT2D eigenvalue weighted by Gasteiger charge is -2.15. The van der Waals surface area contributed by atoms with Crippen molar-refractivity contribution in [2.24, 2.45) is 5.92 Å². The van der Waals surface area contributed by atoms with Gasteiger partial charge in [-0.2, -0.15) is 4.72 Å². The van der Waals surface area contributed by atoms with Crippen LogP contribution in [0.2, 0.25) is 0 Å². The third kappa shape index (κ3) is 6.17. The molecule has 0 aliphatic carbocycles. The monoisotopic (exact) mass is 357 g/mol. The van der Waals surface area contributed by atoms with Crippen molar-refractivity contribution < 1.29 is 22.7 Å². The zero-order chi connectivity index (χ0) is 18.3. The van der Waals surface area contributed by atoms with E-state index in [1.807, 2.05) is 13.8 Å². The third-order valence-corrected chi connectivity index (χ3v) is 4.57. The number of methoxy groups -OCH3 is 1. The molecule has 0 bridgehead atoms. The predicted molar refractivity (Wildman–Crippen MR) is 88.5 cm³/mol. The van der Waals surface area contributed by atoms with E-state index in [1.165, 1.54) is 38.3 Å². The van der Waals surface area contributed by atoms with Gasteiger partial charge in [0.2, 0.25) is 15.9 Å². The number of ether oxygens (including phenoxy) is 1. The summed E-state index contributed by atoms with van der Waals surface area (Å²) in [5.41, 5.74) is 4.44. The second kappa shape index (κ2) is 8.65. The van der Waals surface area contributed by atoms with Crippen molar-refractivity contribution in [2.45, 2.75) is 38.1 Å². The lowest BCUT2D eigenvalue weighted by atomic mass is 10.1. The Kier molecular flexibility index (Phi) is 7.18. The first kappa shape index (κ1) is 19.9. The SMILES string of the molecule is COc1ccc(S(=O)(=O)N[C@@H](C)C(=O)NNC(=O)CC(C)C)cc1. The molecule has 9 heteroatoms. The second-order valence-electron chi connectivity index (χ2n) is 5.65. The maximum atomic E-state index is 12.2. The van der Waals surface area contributed by atoms with E-state index in [4.69, 9.17) is 4.74 Å². The topological polar surface area (TPSA) is 114 Å². The normalized spacial score (nSPS) is 12.5. The molecule has 0 radical (unpaired) electrons. The molecular weight excluding hydrogens is 334 g/mol. The molecule has 0 unspecified atom stereocenters. The molecule has 0 aliphatic heterocycles. The molecule has 2 amide bonds. The van der Waals surface area contributed by atoms with Crippen molar-refractivity contribution >= 4 is 21.8 Å². The fraction of sp³-hybridized carbons (Fsp3) is 0.467. The summed E-state index contributed by atoms with van der Waals surface area (Å²) < 4.78 is 31.6. The van der Waals surface area contributed by atoms with Gasteiger partial charge < -0.3 is 4.74 Å². The summed E-state index contributed by atoms with van der Waals surface area (Å²) in [7, 11) is -2.39. The van der Waals surface area contributed by atoms with Crippen molar-refractivity contribution in [1.82, 2.24) is 15.6 Å². The summed E-state index contributed by atoms with van der Waals surface area (Å²) in [5.74, 6) is -0.340. The highest BCUT2D eigenvalue weighted by Gasteiger charge is 2.22. The van der Waals surface area contributed by atoms with E-state index in [1.54, 1.807) is 0 Å². The van der Waals surface area contributed by atoms with Gasteiger partial charge in [-0.3, -0.25) is 20.4 Å². The largest absolute Gasteiger partial charge is 0.497 e. The van der Waals surface area contributed by atoms with Gasteiger partial charge in [0.15, 0.2) is 0 Å². The van der Waals surface area contributed by atoms with Gasteiger partial charge in [0.05, 0.1) is 18.0 Å². The molecule has 1 atom stereocenters. The van der Waals surface area contributed by atoms with Crippen molar-refractivity contribution in [3.05, 3.63) is 24.3 Å². The number of hydrogen-bond donors (Lipinski definition) is 3. The minimum absolute atomic E-state index is 0.00629. The Balaban J connectivity index is 2.62. The number of carbonyl (C=O) groups excluding carboxylic acids is 2. The van der Waals surface area contributed by atoms with E-state index in [2.05, 4.69) is 15.6 Å². The average molecular weight is 357 g/mol. The number of carbonyl (C=O) groups is 2. The van der Waals surface area contributed by atoms with Crippen molar-refractivity contribution in [1.29, 1.82) is 0 Å². The van der Waals surface area contributed by atoms with Crippen molar-refractivity contribution in [3.63, 3.8) is 0 Å². The minimum Gasteiger partial charge on any atom is -0.497 e. The van der Waals surface area contributed by atoms with Crippen LogP contribution in [0.3, 0.4) is 0 Å². The maximum Gasteiger partial charge on any atom is 0.256 e. The van der Waals surface area contributed by atoms with Gasteiger partial charge in [-0.25, -0.2) is 8.42 Å². The van der Waals surface area contributed by atoms with Crippen molar-refractivity contribution in [2.75, 3.05) is 7.11 Å². The first-order chi connectivity index (χ1) is 11.2. The summed E-state index contributed by atoms with van der Waals surface area (Å²) in [6, 6.07) is 4.69. The first-order valence-corrected chi connectivity index (χ1v) is 8.89. The van der Waals surface area contributed by atoms with Gasteiger partial charge in [0.1, 0.15) is 5.75 Å². The Bertz CT molecular complexity index is 671. The lowest BCUT2D eigenvalue weighted by molar-refractivity contribution is -0.129. The van der Waals surface area contributed by atoms with E-state index in [9.17, 15) is 18.0 Å². The van der Waals surface area contributed by atoms with Crippen LogP contribution in [0.1, 0.15) is 27.2 Å². The van der Waals surface area contributed by atoms with Crippen LogP contribution in [0.25, 0.3) is 0 Å². The smallest absolute Gasteiger partial charge is 0.256 e. The third-order valence-electron chi connectivity index (χ3n) is 3.01. The second-order valence-corrected chi connectivity index (χ2v) is 7.37. The molecule has 0 saturated heterocycles. The zero-order valence-corrected chi connectivity index (χ0v) is 14.9. The van der Waals surface area contributed by atoms with Crippen LogP contribution in [-0.4, -0.2) is 33.4 Å². The van der Waals surface area contributed by atoms with Gasteiger partial charge >= 0.3 is 0 Å². The summed E-state index contributed by atoms with van der Waals surface area (Å²) >= 11 is 0. The molecule has 0 aliphatic rings. The number of benzene rings is 1. The standard InChI is InChI=1S/C15H23N3O5S/c1-10(2)9-14(19)16-17-15(20)11(3)18-24(21,22)13-7-5-12(23-4)6-8-13/h5-8,10-11,18H,9H2,1-4H3,(H,16,19)(H,17,20)/t11-/m0/s1. The molecule has 1 rings (SSSR count). The molecule has 134 valence electrons. The number of sulfonamides is 1. The summed E-state index contributed by atoms with van der Waals surface area (Å²) in [6.45, 7) is 5.12. The number of amides is 2. The van der Waals surface area contributed by atoms with Crippen LogP contribution in [0, 0.1) is 5.92 Å². The van der Waals surface area contributed by atoms with Crippen LogP contribution in [-0.2, 0) is 19.6 Å². The minimum atomic E-state index is -3.87. The quantitative estimate of drug-likeness (QED) is 0.617. The predicted octanol–water partition coefficient (Wildman–Crippen LogP) is 0.556. The molecule has 3 N–H and O–H groups in total. The highest BCUT2D eigenvalue weighted by Crippen LogP contribution is 2.15. The van der Waals surface area contributed by atoms with E-state index in [-0.39, 0.29) is 23.1 Å². The molecule has 0 fully saturated rings. The average Bonchev–Trinajstić information content (AvgIpc) is 2.51. The highest BCUT2D eigenvalue weighted by molar-refractivity contribution is 7.89. The number of rotatable bonds is 7. The Morgan fingerprint density at radius 3 is 2.17 bits per heavy atom. The highest BCUT2D eigenvalue weighted by atomic mass is 32.2. The molecule has 8 nitrogen and oxygen atoms in total. The molecule has 24 heavy (non-hydrogen) atoms. The summed E-state index contributed by atoms with van der Waals surface area (Å²) in [5, 5.41) is 0. The van der Waals surface area contributed by atoms with Crippen LogP contribution in [0.15, 0.2) is 29.2 Å². The van der Waals surface area contributed by atoms with E-state index in [0.717, 1.165) is 0 Å². The molecule has 0 aromatic heterocycles. The molecule has 0 spiro atoms. The molecule has 0 saturated carbocycles. The summed E-state index contributed by atoms with van der Waals surface area (Å²) in [4.78, 5) is 23.3. The van der Waals surface area contributed by atoms with Gasteiger partial charge in [0, 0.05) is 6.42 Å². The lowest BCUT2D eigenvalue weighted by Crippen LogP contribution is -2.51. The number of hydrogen-bond acceptors (Lipinski definition) is 5. The Hall–Kier alpha value is -2.13. The van der Waals surface area contributed by atoms with E-state index >= 15 is 0 Å². The molecule has 1 aromatic rings. The first-order valence-electron chi connectivity index (χ1n) is 7.40. The van der Waals surface area contributed by atoms with Crippen LogP contribution in [0.5, 0.6) is 5.75 Å². The van der Waals surface area contributed by atoms with Crippen LogP contribution in [0.4, 0.5) is 0 Å². The molecule has 1 aromatic carbocycles. The fourth-order valence-electron chi connectivity index (χ4n) is 1.77. The van der Waals surface area contributed by atoms with Crippen LogP contribution < -0.4 is 20.3 Å². The Labute approximate surface area is 142 Å². The Morgan fingerprint density at radius 2 is 1.67 bits per heavy atom. The maximum absolute atomic E-state index is 12.2. The number of nitrogens with one attached hydrogen (secondary N) is 3. The van der Waals surface area contributed by atoms with Gasteiger partial charge in [-0.05, 0) is 37.1 Å². The van der Waals surface area contributed by atoms with Gasteiger partial charge in [0.25, 0.3) is 5.91 Å². The number of hydrazine groups is 1. The van der Waals surface area contributed by atoms with Gasteiger partial charge in [-0.1, -0.05) is 13.8 Å². The molecule has 0 heterocycles.